The summed E-state index contributed by atoms with van der Waals surface area (Å²) in [6, 6.07) is 0. The smallest absolute Gasteiger partial charge is 0.0545 e. The van der Waals surface area contributed by atoms with Gasteiger partial charge in [-0.15, -0.1) is 0 Å². The summed E-state index contributed by atoms with van der Waals surface area (Å²) >= 11 is 0. The molecule has 0 aromatic carbocycles. The minimum absolute atomic E-state index is 0.667. The Morgan fingerprint density at radius 3 is 2.00 bits per heavy atom. The molecular formula is C6H9O. The third-order valence-electron chi connectivity index (χ3n) is 1.97. The van der Waals surface area contributed by atoms with Gasteiger partial charge in [0.05, 0.1) is 13.2 Å². The second kappa shape index (κ2) is 1.03. The fourth-order valence-electron chi connectivity index (χ4n) is 1.18. The van der Waals surface area contributed by atoms with Crippen molar-refractivity contribution >= 4 is 0 Å². The van der Waals surface area contributed by atoms with Crippen LogP contribution in [0.5, 0.6) is 0 Å². The van der Waals surface area contributed by atoms with Gasteiger partial charge < -0.3 is 4.74 Å². The molecule has 0 atom stereocenters. The molecule has 39 valence electrons. The lowest BCUT2D eigenvalue weighted by molar-refractivity contribution is -0.136. The number of hydrogen-bond donors (Lipinski definition) is 0. The summed E-state index contributed by atoms with van der Waals surface area (Å²) in [6.07, 6.45) is 4.96. The van der Waals surface area contributed by atoms with Crippen LogP contribution in [0.4, 0.5) is 0 Å². The quantitative estimate of drug-likeness (QED) is 0.438. The van der Waals surface area contributed by atoms with Gasteiger partial charge in [0, 0.05) is 5.41 Å². The van der Waals surface area contributed by atoms with Gasteiger partial charge in [-0.3, -0.25) is 0 Å². The molecule has 0 N–H and O–H groups in total. The van der Waals surface area contributed by atoms with Crippen LogP contribution in [0.1, 0.15) is 12.8 Å². The Balaban J connectivity index is 2.00. The molecule has 1 aliphatic heterocycles. The third-order valence-corrected chi connectivity index (χ3v) is 1.97. The van der Waals surface area contributed by atoms with Crippen molar-refractivity contribution in [2.45, 2.75) is 12.8 Å². The molecule has 7 heavy (non-hydrogen) atoms. The first-order valence-corrected chi connectivity index (χ1v) is 2.81. The van der Waals surface area contributed by atoms with Gasteiger partial charge in [0.2, 0.25) is 0 Å². The molecule has 0 unspecified atom stereocenters. The van der Waals surface area contributed by atoms with Gasteiger partial charge >= 0.3 is 0 Å². The summed E-state index contributed by atoms with van der Waals surface area (Å²) in [4.78, 5) is 0. The van der Waals surface area contributed by atoms with Gasteiger partial charge in [0.25, 0.3) is 0 Å². The predicted octanol–water partition coefficient (Wildman–Crippen LogP) is 1.00. The molecule has 1 saturated carbocycles. The third kappa shape index (κ3) is 0.367. The summed E-state index contributed by atoms with van der Waals surface area (Å²) in [6.45, 7) is 2.06. The van der Waals surface area contributed by atoms with Gasteiger partial charge in [-0.05, 0) is 19.3 Å². The van der Waals surface area contributed by atoms with Crippen molar-refractivity contribution in [3.63, 3.8) is 0 Å². The van der Waals surface area contributed by atoms with Crippen molar-refractivity contribution in [1.29, 1.82) is 0 Å². The molecule has 1 aliphatic carbocycles. The lowest BCUT2D eigenvalue weighted by atomic mass is 9.67. The van der Waals surface area contributed by atoms with Crippen molar-refractivity contribution in [2.24, 2.45) is 5.41 Å². The van der Waals surface area contributed by atoms with E-state index in [1.807, 2.05) is 0 Å². The maximum Gasteiger partial charge on any atom is 0.0545 e. The second-order valence-corrected chi connectivity index (χ2v) is 2.69. The van der Waals surface area contributed by atoms with E-state index in [1.54, 1.807) is 0 Å². The highest BCUT2D eigenvalue weighted by Crippen LogP contribution is 2.45. The Hall–Kier alpha value is -0.0400. The molecule has 0 aromatic heterocycles. The SMILES string of the molecule is [CH]1CC2(C1)COC2. The van der Waals surface area contributed by atoms with Crippen LogP contribution < -0.4 is 0 Å². The second-order valence-electron chi connectivity index (χ2n) is 2.69. The Kier molecular flexibility index (Phi) is 0.571. The summed E-state index contributed by atoms with van der Waals surface area (Å²) in [5, 5.41) is 0. The highest BCUT2D eigenvalue weighted by atomic mass is 16.5. The van der Waals surface area contributed by atoms with E-state index in [2.05, 4.69) is 6.42 Å². The van der Waals surface area contributed by atoms with Gasteiger partial charge in [0.15, 0.2) is 0 Å². The first-order chi connectivity index (χ1) is 3.41. The molecule has 1 heterocycles. The molecule has 1 spiro atoms. The van der Waals surface area contributed by atoms with Crippen LogP contribution in [0.15, 0.2) is 0 Å². The van der Waals surface area contributed by atoms with Crippen LogP contribution in [-0.2, 0) is 4.74 Å². The minimum atomic E-state index is 0.667. The maximum atomic E-state index is 5.06. The molecule has 1 nitrogen and oxygen atoms in total. The molecule has 1 saturated heterocycles. The number of hydrogen-bond acceptors (Lipinski definition) is 1. The fraction of sp³-hybridized carbons (Fsp3) is 0.833. The van der Waals surface area contributed by atoms with E-state index >= 15 is 0 Å². The van der Waals surface area contributed by atoms with Crippen LogP contribution >= 0.6 is 0 Å². The zero-order valence-corrected chi connectivity index (χ0v) is 4.31. The van der Waals surface area contributed by atoms with Crippen molar-refractivity contribution in [1.82, 2.24) is 0 Å². The van der Waals surface area contributed by atoms with Gasteiger partial charge in [0.1, 0.15) is 0 Å². The Morgan fingerprint density at radius 2 is 2.00 bits per heavy atom. The molecule has 2 fully saturated rings. The van der Waals surface area contributed by atoms with Crippen LogP contribution in [-0.4, -0.2) is 13.2 Å². The molecular weight excluding hydrogens is 88.1 g/mol. The Bertz CT molecular complexity index is 64.7. The highest BCUT2D eigenvalue weighted by molar-refractivity contribution is 5.02. The standard InChI is InChI=1S/C6H9O/c1-2-6(3-1)4-7-5-6/h1H,2-5H2. The van der Waals surface area contributed by atoms with E-state index in [1.165, 1.54) is 12.8 Å². The van der Waals surface area contributed by atoms with Crippen molar-refractivity contribution in [3.05, 3.63) is 6.42 Å². The number of rotatable bonds is 0. The molecule has 1 heteroatoms. The van der Waals surface area contributed by atoms with Crippen LogP contribution in [0.3, 0.4) is 0 Å². The lowest BCUT2D eigenvalue weighted by Crippen LogP contribution is -2.47. The monoisotopic (exact) mass is 97.1 g/mol. The Labute approximate surface area is 43.7 Å². The van der Waals surface area contributed by atoms with Crippen LogP contribution in [0, 0.1) is 11.8 Å². The molecule has 2 rings (SSSR count). The molecule has 0 aromatic rings. The largest absolute Gasteiger partial charge is 0.380 e. The van der Waals surface area contributed by atoms with Crippen molar-refractivity contribution in [2.75, 3.05) is 13.2 Å². The van der Waals surface area contributed by atoms with Gasteiger partial charge in [-0.25, -0.2) is 0 Å². The van der Waals surface area contributed by atoms with E-state index in [0.717, 1.165) is 13.2 Å². The normalized spacial score (nSPS) is 34.3. The average molecular weight is 97.1 g/mol. The van der Waals surface area contributed by atoms with Gasteiger partial charge in [-0.2, -0.15) is 0 Å². The molecule has 0 bridgehead atoms. The van der Waals surface area contributed by atoms with E-state index in [-0.39, 0.29) is 0 Å². The molecule has 2 aliphatic rings. The van der Waals surface area contributed by atoms with Crippen LogP contribution in [0.25, 0.3) is 0 Å². The predicted molar refractivity (Wildman–Crippen MR) is 26.8 cm³/mol. The topological polar surface area (TPSA) is 9.23 Å². The highest BCUT2D eigenvalue weighted by Gasteiger charge is 2.43. The van der Waals surface area contributed by atoms with Crippen molar-refractivity contribution in [3.8, 4) is 0 Å². The minimum Gasteiger partial charge on any atom is -0.380 e. The average Bonchev–Trinajstić information content (AvgIpc) is 1.20. The zero-order chi connectivity index (χ0) is 4.74. The first-order valence-electron chi connectivity index (χ1n) is 2.81. The fourth-order valence-corrected chi connectivity index (χ4v) is 1.18. The van der Waals surface area contributed by atoms with E-state index < -0.39 is 0 Å². The summed E-state index contributed by atoms with van der Waals surface area (Å²) in [7, 11) is 0. The van der Waals surface area contributed by atoms with Crippen LogP contribution in [0.2, 0.25) is 0 Å². The molecule has 1 radical (unpaired) electrons. The van der Waals surface area contributed by atoms with Crippen molar-refractivity contribution < 1.29 is 4.74 Å². The Morgan fingerprint density at radius 1 is 1.29 bits per heavy atom. The zero-order valence-electron chi connectivity index (χ0n) is 4.31. The molecule has 0 amide bonds. The first kappa shape index (κ1) is 3.90. The number of ether oxygens (including phenoxy) is 1. The van der Waals surface area contributed by atoms with E-state index in [0.29, 0.717) is 5.41 Å². The van der Waals surface area contributed by atoms with Gasteiger partial charge in [-0.1, -0.05) is 0 Å². The maximum absolute atomic E-state index is 5.06. The summed E-state index contributed by atoms with van der Waals surface area (Å²) in [5.74, 6) is 0. The van der Waals surface area contributed by atoms with E-state index in [9.17, 15) is 0 Å². The lowest BCUT2D eigenvalue weighted by Gasteiger charge is -2.48. The summed E-state index contributed by atoms with van der Waals surface area (Å²) < 4.78 is 5.06. The van der Waals surface area contributed by atoms with E-state index in [4.69, 9.17) is 4.74 Å². The summed E-state index contributed by atoms with van der Waals surface area (Å²) in [5.41, 5.74) is 0.667.